The van der Waals surface area contributed by atoms with Crippen molar-refractivity contribution in [3.8, 4) is 0 Å². The average molecular weight is 358 g/mol. The molecule has 1 saturated heterocycles. The fourth-order valence-electron chi connectivity index (χ4n) is 4.82. The van der Waals surface area contributed by atoms with Crippen molar-refractivity contribution >= 4 is 11.6 Å². The number of nitrogens with zero attached hydrogens (tertiary/aromatic N) is 1. The lowest BCUT2D eigenvalue weighted by atomic mass is 9.83. The van der Waals surface area contributed by atoms with Crippen molar-refractivity contribution in [2.45, 2.75) is 25.3 Å². The second-order valence-corrected chi connectivity index (χ2v) is 8.32. The van der Waals surface area contributed by atoms with Crippen LogP contribution in [0.15, 0.2) is 78.4 Å². The summed E-state index contributed by atoms with van der Waals surface area (Å²) in [5.74, 6) is 0.823. The van der Waals surface area contributed by atoms with E-state index in [2.05, 4.69) is 77.0 Å². The zero-order valence-electron chi connectivity index (χ0n) is 15.6. The molecule has 3 unspecified atom stereocenters. The largest absolute Gasteiger partial charge is 0.371 e. The number of para-hydroxylation sites is 1. The van der Waals surface area contributed by atoms with Gasteiger partial charge in [0.25, 0.3) is 5.91 Å². The number of benzene rings is 1. The maximum Gasteiger partial charge on any atom is 0.251 e. The molecule has 3 nitrogen and oxygen atoms in total. The SMILES string of the molecule is O=C(NC1CC12CCN(c1ccccc1)CC2)C1=CC2C=CC=CC2C=C1. The maximum atomic E-state index is 12.8. The zero-order chi connectivity index (χ0) is 18.3. The van der Waals surface area contributed by atoms with Crippen LogP contribution < -0.4 is 10.2 Å². The highest BCUT2D eigenvalue weighted by atomic mass is 16.1. The van der Waals surface area contributed by atoms with Crippen LogP contribution >= 0.6 is 0 Å². The number of hydrogen-bond acceptors (Lipinski definition) is 2. The smallest absolute Gasteiger partial charge is 0.251 e. The fourth-order valence-corrected chi connectivity index (χ4v) is 4.82. The van der Waals surface area contributed by atoms with Gasteiger partial charge < -0.3 is 10.2 Å². The summed E-state index contributed by atoms with van der Waals surface area (Å²) in [6.45, 7) is 2.17. The highest BCUT2D eigenvalue weighted by Crippen LogP contribution is 2.54. The molecule has 1 saturated carbocycles. The molecular formula is C24H26N2O. The molecule has 3 aliphatic carbocycles. The quantitative estimate of drug-likeness (QED) is 0.885. The molecule has 1 N–H and O–H groups in total. The van der Waals surface area contributed by atoms with Gasteiger partial charge in [-0.3, -0.25) is 4.79 Å². The Labute approximate surface area is 161 Å². The predicted molar refractivity (Wildman–Crippen MR) is 109 cm³/mol. The Hall–Kier alpha value is -2.55. The molecule has 27 heavy (non-hydrogen) atoms. The average Bonchev–Trinajstić information content (AvgIpc) is 3.39. The van der Waals surface area contributed by atoms with Crippen LogP contribution in [-0.4, -0.2) is 25.0 Å². The maximum absolute atomic E-state index is 12.8. The number of amides is 1. The number of carbonyl (C=O) groups is 1. The molecule has 1 spiro atoms. The molecule has 138 valence electrons. The first-order chi connectivity index (χ1) is 13.2. The molecule has 0 bridgehead atoms. The van der Waals surface area contributed by atoms with E-state index in [0.717, 1.165) is 25.1 Å². The third-order valence-corrected chi connectivity index (χ3v) is 6.73. The van der Waals surface area contributed by atoms with Gasteiger partial charge in [-0.15, -0.1) is 0 Å². The van der Waals surface area contributed by atoms with Crippen molar-refractivity contribution < 1.29 is 4.79 Å². The zero-order valence-corrected chi connectivity index (χ0v) is 15.6. The van der Waals surface area contributed by atoms with Gasteiger partial charge in [0.05, 0.1) is 0 Å². The highest BCUT2D eigenvalue weighted by Gasteiger charge is 2.55. The van der Waals surface area contributed by atoms with E-state index < -0.39 is 0 Å². The first-order valence-corrected chi connectivity index (χ1v) is 10.1. The molecule has 5 rings (SSSR count). The van der Waals surface area contributed by atoms with E-state index in [0.29, 0.717) is 23.3 Å². The number of fused-ring (bicyclic) bond motifs is 1. The summed E-state index contributed by atoms with van der Waals surface area (Å²) < 4.78 is 0. The molecular weight excluding hydrogens is 332 g/mol. The van der Waals surface area contributed by atoms with Gasteiger partial charge in [-0.25, -0.2) is 0 Å². The van der Waals surface area contributed by atoms with Crippen LogP contribution in [0.5, 0.6) is 0 Å². The Kier molecular flexibility index (Phi) is 4.04. The number of hydrogen-bond donors (Lipinski definition) is 1. The summed E-state index contributed by atoms with van der Waals surface area (Å²) in [6.07, 6.45) is 18.3. The molecule has 1 aliphatic heterocycles. The monoisotopic (exact) mass is 358 g/mol. The topological polar surface area (TPSA) is 32.3 Å². The van der Waals surface area contributed by atoms with E-state index in [1.54, 1.807) is 0 Å². The Morgan fingerprint density at radius 3 is 2.52 bits per heavy atom. The second-order valence-electron chi connectivity index (χ2n) is 8.32. The number of nitrogens with one attached hydrogen (secondary N) is 1. The van der Waals surface area contributed by atoms with E-state index in [1.807, 2.05) is 6.08 Å². The number of carbonyl (C=O) groups excluding carboxylic acids is 1. The second kappa shape index (κ2) is 6.56. The van der Waals surface area contributed by atoms with E-state index in [4.69, 9.17) is 0 Å². The summed E-state index contributed by atoms with van der Waals surface area (Å²) in [5, 5.41) is 3.32. The summed E-state index contributed by atoms with van der Waals surface area (Å²) in [7, 11) is 0. The number of allylic oxidation sites excluding steroid dienone is 6. The van der Waals surface area contributed by atoms with Gasteiger partial charge in [-0.2, -0.15) is 0 Å². The minimum absolute atomic E-state index is 0.0972. The lowest BCUT2D eigenvalue weighted by molar-refractivity contribution is -0.117. The standard InChI is InChI=1S/C24H26N2O/c27-23(20-11-10-18-6-4-5-7-19(18)16-20)25-22-17-24(22)12-14-26(15-13-24)21-8-2-1-3-9-21/h1-11,16,18-19,22H,12-15,17H2,(H,25,27). The van der Waals surface area contributed by atoms with Gasteiger partial charge in [0.2, 0.25) is 0 Å². The van der Waals surface area contributed by atoms with Gasteiger partial charge in [0.15, 0.2) is 0 Å². The molecule has 0 aromatic heterocycles. The van der Waals surface area contributed by atoms with Crippen molar-refractivity contribution in [2.24, 2.45) is 17.3 Å². The number of rotatable bonds is 3. The van der Waals surface area contributed by atoms with E-state index >= 15 is 0 Å². The normalized spacial score (nSPS) is 30.0. The molecule has 1 heterocycles. The predicted octanol–water partition coefficient (Wildman–Crippen LogP) is 4.02. The van der Waals surface area contributed by atoms with Crippen LogP contribution in [-0.2, 0) is 4.79 Å². The molecule has 1 aromatic carbocycles. The Morgan fingerprint density at radius 1 is 1.00 bits per heavy atom. The molecule has 3 heteroatoms. The summed E-state index contributed by atoms with van der Waals surface area (Å²) in [4.78, 5) is 15.2. The van der Waals surface area contributed by atoms with Crippen molar-refractivity contribution in [1.82, 2.24) is 5.32 Å². The third-order valence-electron chi connectivity index (χ3n) is 6.73. The fraction of sp³-hybridized carbons (Fsp3) is 0.375. The lowest BCUT2D eigenvalue weighted by Crippen LogP contribution is -2.39. The van der Waals surface area contributed by atoms with Crippen LogP contribution in [0.3, 0.4) is 0 Å². The van der Waals surface area contributed by atoms with E-state index in [9.17, 15) is 4.79 Å². The van der Waals surface area contributed by atoms with Crippen molar-refractivity contribution in [3.63, 3.8) is 0 Å². The minimum atomic E-state index is 0.0972. The van der Waals surface area contributed by atoms with Crippen molar-refractivity contribution in [3.05, 3.63) is 78.4 Å². The Balaban J connectivity index is 1.18. The Morgan fingerprint density at radius 2 is 1.74 bits per heavy atom. The van der Waals surface area contributed by atoms with Crippen LogP contribution in [0.4, 0.5) is 5.69 Å². The first kappa shape index (κ1) is 16.6. The molecule has 1 aromatic rings. The van der Waals surface area contributed by atoms with Crippen LogP contribution in [0.1, 0.15) is 19.3 Å². The first-order valence-electron chi connectivity index (χ1n) is 10.1. The molecule has 1 amide bonds. The summed E-state index contributed by atoms with van der Waals surface area (Å²) >= 11 is 0. The molecule has 2 fully saturated rings. The van der Waals surface area contributed by atoms with Gasteiger partial charge in [-0.05, 0) is 36.8 Å². The summed E-state index contributed by atoms with van der Waals surface area (Å²) in [5.41, 5.74) is 2.46. The van der Waals surface area contributed by atoms with Gasteiger partial charge >= 0.3 is 0 Å². The van der Waals surface area contributed by atoms with E-state index in [-0.39, 0.29) is 5.91 Å². The van der Waals surface area contributed by atoms with Gasteiger partial charge in [-0.1, -0.05) is 60.7 Å². The minimum Gasteiger partial charge on any atom is -0.371 e. The third kappa shape index (κ3) is 3.16. The number of anilines is 1. The van der Waals surface area contributed by atoms with Crippen LogP contribution in [0.25, 0.3) is 0 Å². The molecule has 0 radical (unpaired) electrons. The molecule has 4 aliphatic rings. The van der Waals surface area contributed by atoms with Crippen LogP contribution in [0, 0.1) is 17.3 Å². The van der Waals surface area contributed by atoms with Gasteiger partial charge in [0.1, 0.15) is 0 Å². The summed E-state index contributed by atoms with van der Waals surface area (Å²) in [6, 6.07) is 11.0. The lowest BCUT2D eigenvalue weighted by Gasteiger charge is -2.34. The Bertz CT molecular complexity index is 840. The van der Waals surface area contributed by atoms with Crippen LogP contribution in [0.2, 0.25) is 0 Å². The van der Waals surface area contributed by atoms with E-state index in [1.165, 1.54) is 18.5 Å². The highest BCUT2D eigenvalue weighted by molar-refractivity contribution is 5.97. The van der Waals surface area contributed by atoms with Gasteiger partial charge in [0, 0.05) is 42.2 Å². The molecule has 3 atom stereocenters. The van der Waals surface area contributed by atoms with Crippen molar-refractivity contribution in [2.75, 3.05) is 18.0 Å². The van der Waals surface area contributed by atoms with Crippen molar-refractivity contribution in [1.29, 1.82) is 0 Å². The number of piperidine rings is 1.